The average molecular weight is 263 g/mol. The first kappa shape index (κ1) is 11.8. The van der Waals surface area contributed by atoms with Crippen molar-refractivity contribution in [3.8, 4) is 5.75 Å². The summed E-state index contributed by atoms with van der Waals surface area (Å²) < 4.78 is 0. The van der Waals surface area contributed by atoms with Crippen LogP contribution in [0.15, 0.2) is 24.4 Å². The van der Waals surface area contributed by atoms with Crippen molar-refractivity contribution in [1.82, 2.24) is 9.88 Å². The largest absolute Gasteiger partial charge is 0.504 e. The quantitative estimate of drug-likeness (QED) is 0.903. The van der Waals surface area contributed by atoms with Gasteiger partial charge >= 0.3 is 0 Å². The molecule has 1 fully saturated rings. The van der Waals surface area contributed by atoms with Crippen LogP contribution in [-0.2, 0) is 6.54 Å². The minimum absolute atomic E-state index is 0.0810. The summed E-state index contributed by atoms with van der Waals surface area (Å²) in [5.74, 6) is 0.0810. The summed E-state index contributed by atoms with van der Waals surface area (Å²) >= 11 is 6.07. The van der Waals surface area contributed by atoms with E-state index in [1.165, 1.54) is 12.8 Å². The van der Waals surface area contributed by atoms with E-state index in [0.29, 0.717) is 10.5 Å². The zero-order chi connectivity index (χ0) is 12.5. The van der Waals surface area contributed by atoms with Crippen LogP contribution in [0.5, 0.6) is 5.75 Å². The van der Waals surface area contributed by atoms with E-state index in [4.69, 9.17) is 11.6 Å². The fourth-order valence-corrected chi connectivity index (χ4v) is 2.80. The van der Waals surface area contributed by atoms with Crippen LogP contribution < -0.4 is 0 Å². The van der Waals surface area contributed by atoms with Crippen LogP contribution >= 0.6 is 11.6 Å². The summed E-state index contributed by atoms with van der Waals surface area (Å²) in [6, 6.07) is 5.74. The van der Waals surface area contributed by atoms with E-state index >= 15 is 0 Å². The van der Waals surface area contributed by atoms with E-state index < -0.39 is 0 Å². The first-order valence-corrected chi connectivity index (χ1v) is 6.61. The Morgan fingerprint density at radius 2 is 2.11 bits per heavy atom. The predicted molar refractivity (Wildman–Crippen MR) is 72.9 cm³/mol. The molecule has 94 valence electrons. The minimum atomic E-state index is 0.0810. The van der Waals surface area contributed by atoms with E-state index in [2.05, 4.69) is 9.88 Å². The third-order valence-corrected chi connectivity index (χ3v) is 3.79. The van der Waals surface area contributed by atoms with Gasteiger partial charge in [0, 0.05) is 18.1 Å². The molecule has 1 saturated heterocycles. The zero-order valence-electron chi connectivity index (χ0n) is 10.1. The number of phenolic OH excluding ortho intramolecular Hbond substituents is 1. The van der Waals surface area contributed by atoms with Gasteiger partial charge in [0.1, 0.15) is 5.52 Å². The standard InChI is InChI=1S/C14H15ClN2O/c15-12-8-10(9-17-6-1-2-7-17)11-4-3-5-16-13(11)14(12)18/h3-5,8,18H,1-2,6-7,9H2. The highest BCUT2D eigenvalue weighted by Crippen LogP contribution is 2.34. The van der Waals surface area contributed by atoms with E-state index in [1.807, 2.05) is 18.2 Å². The number of fused-ring (bicyclic) bond motifs is 1. The molecular weight excluding hydrogens is 248 g/mol. The molecule has 0 bridgehead atoms. The number of benzene rings is 1. The Hall–Kier alpha value is -1.32. The second-order valence-corrected chi connectivity index (χ2v) is 5.16. The third kappa shape index (κ3) is 2.04. The number of likely N-dealkylation sites (tertiary alicyclic amines) is 1. The zero-order valence-corrected chi connectivity index (χ0v) is 10.8. The van der Waals surface area contributed by atoms with Crippen molar-refractivity contribution in [2.45, 2.75) is 19.4 Å². The van der Waals surface area contributed by atoms with Crippen LogP contribution in [0, 0.1) is 0 Å². The summed E-state index contributed by atoms with van der Waals surface area (Å²) in [5.41, 5.74) is 1.74. The van der Waals surface area contributed by atoms with Gasteiger partial charge in [0.15, 0.2) is 5.75 Å². The lowest BCUT2D eigenvalue weighted by atomic mass is 10.1. The van der Waals surface area contributed by atoms with Crippen molar-refractivity contribution >= 4 is 22.5 Å². The maximum absolute atomic E-state index is 9.94. The summed E-state index contributed by atoms with van der Waals surface area (Å²) in [6.45, 7) is 3.16. The van der Waals surface area contributed by atoms with Gasteiger partial charge in [0.05, 0.1) is 5.02 Å². The molecule has 2 heterocycles. The molecule has 0 radical (unpaired) electrons. The van der Waals surface area contributed by atoms with Gasteiger partial charge in [-0.2, -0.15) is 0 Å². The molecule has 4 heteroatoms. The molecule has 1 N–H and O–H groups in total. The van der Waals surface area contributed by atoms with E-state index in [0.717, 1.165) is 30.6 Å². The van der Waals surface area contributed by atoms with E-state index in [9.17, 15) is 5.11 Å². The number of aromatic hydroxyl groups is 1. The number of nitrogens with zero attached hydrogens (tertiary/aromatic N) is 2. The summed E-state index contributed by atoms with van der Waals surface area (Å²) in [5, 5.41) is 11.3. The van der Waals surface area contributed by atoms with Crippen molar-refractivity contribution < 1.29 is 5.11 Å². The van der Waals surface area contributed by atoms with Crippen molar-refractivity contribution in [3.05, 3.63) is 35.0 Å². The fraction of sp³-hybridized carbons (Fsp3) is 0.357. The van der Waals surface area contributed by atoms with Gasteiger partial charge in [-0.05, 0) is 43.6 Å². The van der Waals surface area contributed by atoms with Gasteiger partial charge in [-0.25, -0.2) is 0 Å². The number of hydrogen-bond donors (Lipinski definition) is 1. The van der Waals surface area contributed by atoms with Gasteiger partial charge in [-0.3, -0.25) is 9.88 Å². The third-order valence-electron chi connectivity index (χ3n) is 3.50. The first-order valence-electron chi connectivity index (χ1n) is 6.23. The Labute approximate surface area is 111 Å². The van der Waals surface area contributed by atoms with Crippen molar-refractivity contribution in [2.24, 2.45) is 0 Å². The number of hydrogen-bond acceptors (Lipinski definition) is 3. The van der Waals surface area contributed by atoms with Gasteiger partial charge in [-0.15, -0.1) is 0 Å². The highest BCUT2D eigenvalue weighted by molar-refractivity contribution is 6.33. The van der Waals surface area contributed by atoms with Crippen molar-refractivity contribution in [2.75, 3.05) is 13.1 Å². The lowest BCUT2D eigenvalue weighted by Crippen LogP contribution is -2.18. The maximum Gasteiger partial charge on any atom is 0.160 e. The first-order chi connectivity index (χ1) is 8.75. The van der Waals surface area contributed by atoms with Crippen LogP contribution in [0.1, 0.15) is 18.4 Å². The van der Waals surface area contributed by atoms with Crippen molar-refractivity contribution in [3.63, 3.8) is 0 Å². The summed E-state index contributed by atoms with van der Waals surface area (Å²) in [6.07, 6.45) is 4.21. The number of aromatic nitrogens is 1. The van der Waals surface area contributed by atoms with Gasteiger partial charge in [0.25, 0.3) is 0 Å². The minimum Gasteiger partial charge on any atom is -0.504 e. The Morgan fingerprint density at radius 1 is 1.33 bits per heavy atom. The molecule has 0 atom stereocenters. The molecule has 0 spiro atoms. The van der Waals surface area contributed by atoms with E-state index in [1.54, 1.807) is 6.20 Å². The molecule has 1 aliphatic heterocycles. The summed E-state index contributed by atoms with van der Waals surface area (Å²) in [7, 11) is 0. The number of halogens is 1. The van der Waals surface area contributed by atoms with Gasteiger partial charge in [0.2, 0.25) is 0 Å². The lowest BCUT2D eigenvalue weighted by Gasteiger charge is -2.16. The molecule has 0 amide bonds. The number of rotatable bonds is 2. The van der Waals surface area contributed by atoms with Crippen LogP contribution in [0.4, 0.5) is 0 Å². The van der Waals surface area contributed by atoms with Gasteiger partial charge < -0.3 is 5.11 Å². The number of phenols is 1. The molecule has 2 aromatic rings. The second kappa shape index (κ2) is 4.75. The molecule has 0 unspecified atom stereocenters. The molecule has 1 aromatic heterocycles. The SMILES string of the molecule is Oc1c(Cl)cc(CN2CCCC2)c2cccnc12. The fourth-order valence-electron chi connectivity index (χ4n) is 2.58. The Morgan fingerprint density at radius 3 is 2.89 bits per heavy atom. The molecule has 18 heavy (non-hydrogen) atoms. The molecule has 3 rings (SSSR count). The average Bonchev–Trinajstić information content (AvgIpc) is 2.89. The number of pyridine rings is 1. The predicted octanol–water partition coefficient (Wildman–Crippen LogP) is 3.19. The highest BCUT2D eigenvalue weighted by Gasteiger charge is 2.16. The smallest absolute Gasteiger partial charge is 0.160 e. The molecular formula is C14H15ClN2O. The summed E-state index contributed by atoms with van der Waals surface area (Å²) in [4.78, 5) is 6.64. The molecule has 3 nitrogen and oxygen atoms in total. The Kier molecular flexibility index (Phi) is 3.10. The van der Waals surface area contributed by atoms with Crippen LogP contribution in [0.25, 0.3) is 10.9 Å². The normalized spacial score (nSPS) is 16.5. The lowest BCUT2D eigenvalue weighted by molar-refractivity contribution is 0.332. The maximum atomic E-state index is 9.94. The topological polar surface area (TPSA) is 36.4 Å². The molecule has 1 aromatic carbocycles. The van der Waals surface area contributed by atoms with Crippen LogP contribution in [-0.4, -0.2) is 28.1 Å². The van der Waals surface area contributed by atoms with E-state index in [-0.39, 0.29) is 5.75 Å². The molecule has 1 aliphatic rings. The molecule has 0 aliphatic carbocycles. The highest BCUT2D eigenvalue weighted by atomic mass is 35.5. The van der Waals surface area contributed by atoms with Crippen LogP contribution in [0.3, 0.4) is 0 Å². The van der Waals surface area contributed by atoms with Gasteiger partial charge in [-0.1, -0.05) is 17.7 Å². The Balaban J connectivity index is 2.07. The van der Waals surface area contributed by atoms with Crippen molar-refractivity contribution in [1.29, 1.82) is 0 Å². The monoisotopic (exact) mass is 262 g/mol. The second-order valence-electron chi connectivity index (χ2n) is 4.75. The molecule has 0 saturated carbocycles. The Bertz CT molecular complexity index is 579. The van der Waals surface area contributed by atoms with Crippen LogP contribution in [0.2, 0.25) is 5.02 Å².